The summed E-state index contributed by atoms with van der Waals surface area (Å²) in [5, 5.41) is 15.1. The molecule has 0 saturated heterocycles. The van der Waals surface area contributed by atoms with Gasteiger partial charge in [0.1, 0.15) is 0 Å². The molecule has 0 radical (unpaired) electrons. The Morgan fingerprint density at radius 3 is 1.31 bits per heavy atom. The van der Waals surface area contributed by atoms with E-state index in [9.17, 15) is 0 Å². The van der Waals surface area contributed by atoms with Gasteiger partial charge in [0.2, 0.25) is 7.51 Å². The molecule has 0 fully saturated rings. The summed E-state index contributed by atoms with van der Waals surface area (Å²) in [6.45, 7) is 25.6. The third-order valence-electron chi connectivity index (χ3n) is 3.28. The van der Waals surface area contributed by atoms with Crippen LogP contribution in [0.1, 0.15) is 83.1 Å². The van der Waals surface area contributed by atoms with E-state index in [0.717, 1.165) is 0 Å². The first-order chi connectivity index (χ1) is 12.4. The third-order valence-corrected chi connectivity index (χ3v) is 16.7. The van der Waals surface area contributed by atoms with Gasteiger partial charge in [0.05, 0.1) is 0 Å². The zero-order valence-corrected chi connectivity index (χ0v) is 24.6. The minimum absolute atomic E-state index is 0.214. The fourth-order valence-electron chi connectivity index (χ4n) is 2.94. The molecule has 0 amide bonds. The van der Waals surface area contributed by atoms with Crippen molar-refractivity contribution in [2.75, 3.05) is 7.05 Å². The lowest BCUT2D eigenvalue weighted by Crippen LogP contribution is -2.54. The molecule has 0 aliphatic carbocycles. The Balaban J connectivity index is 3.87. The van der Waals surface area contributed by atoms with E-state index >= 15 is 0 Å². The maximum atomic E-state index is 6.83. The van der Waals surface area contributed by atoms with E-state index in [1.54, 1.807) is 0 Å². The van der Waals surface area contributed by atoms with Gasteiger partial charge in [-0.2, -0.15) is 4.52 Å². The SMILES string of the molecule is CN1P(NC(C)(C)C)(NC(C)(C)C)=NP(Cl)(Cl)=N[P+]1(NC(C)(C)C)NC(C)(C)C. The first-order valence-electron chi connectivity index (χ1n) is 9.88. The van der Waals surface area contributed by atoms with Crippen molar-refractivity contribution in [3.63, 3.8) is 0 Å². The van der Waals surface area contributed by atoms with Gasteiger partial charge in [-0.3, -0.25) is 10.2 Å². The van der Waals surface area contributed by atoms with Gasteiger partial charge in [-0.15, -0.1) is 10.2 Å². The van der Waals surface area contributed by atoms with Crippen LogP contribution in [0.5, 0.6) is 0 Å². The molecule has 0 aromatic carbocycles. The average molecular weight is 509 g/mol. The number of hydrogen-bond acceptors (Lipinski definition) is 7. The second kappa shape index (κ2) is 8.56. The van der Waals surface area contributed by atoms with Crippen molar-refractivity contribution >= 4 is 43.8 Å². The maximum Gasteiger partial charge on any atom is 0.360 e. The van der Waals surface area contributed by atoms with Gasteiger partial charge < -0.3 is 0 Å². The van der Waals surface area contributed by atoms with Crippen LogP contribution in [0, 0.1) is 0 Å². The first kappa shape index (κ1) is 28.3. The number of nitrogens with zero attached hydrogens (tertiary/aromatic N) is 3. The number of halogens is 2. The molecule has 0 aromatic rings. The highest BCUT2D eigenvalue weighted by Crippen LogP contribution is 2.84. The van der Waals surface area contributed by atoms with Crippen LogP contribution in [0.2, 0.25) is 0 Å². The van der Waals surface area contributed by atoms with Crippen LogP contribution < -0.4 is 20.3 Å². The molecule has 1 heterocycles. The van der Waals surface area contributed by atoms with Crippen LogP contribution >= 0.6 is 43.8 Å². The monoisotopic (exact) mass is 508 g/mol. The molecule has 0 saturated carbocycles. The molecule has 0 spiro atoms. The molecule has 1 rings (SSSR count). The molecule has 29 heavy (non-hydrogen) atoms. The lowest BCUT2D eigenvalue weighted by Gasteiger charge is -2.48. The molecule has 0 bridgehead atoms. The maximum absolute atomic E-state index is 6.83. The van der Waals surface area contributed by atoms with Crippen LogP contribution in [-0.4, -0.2) is 33.6 Å². The summed E-state index contributed by atoms with van der Waals surface area (Å²) in [4.78, 5) is 0. The fraction of sp³-hybridized carbons (Fsp3) is 1.00. The van der Waals surface area contributed by atoms with Gasteiger partial charge in [0.25, 0.3) is 5.91 Å². The van der Waals surface area contributed by atoms with E-state index in [1.165, 1.54) is 0 Å². The lowest BCUT2D eigenvalue weighted by atomic mass is 10.1. The standard InChI is InChI=1S/C17H43Cl2N7P3/c1-14(2,3)20-28(21-15(4,5)6)24-27(18,19)25-29(26(28)13,22-16(7,8)9)23-17(10,11)12/h20-23H,1-13H3/q+1. The second-order valence-corrected chi connectivity index (χ2v) is 22.3. The minimum Gasteiger partial charge on any atom is -0.252 e. The van der Waals surface area contributed by atoms with E-state index in [-0.39, 0.29) is 22.2 Å². The molecule has 0 unspecified atom stereocenters. The quantitative estimate of drug-likeness (QED) is 0.295. The fourth-order valence-corrected chi connectivity index (χ4v) is 18.2. The highest BCUT2D eigenvalue weighted by molar-refractivity contribution is 8.14. The lowest BCUT2D eigenvalue weighted by molar-refractivity contribution is 0.452. The van der Waals surface area contributed by atoms with E-state index in [4.69, 9.17) is 31.5 Å². The highest BCUT2D eigenvalue weighted by atomic mass is 35.9. The predicted octanol–water partition coefficient (Wildman–Crippen LogP) is 7.53. The summed E-state index contributed by atoms with van der Waals surface area (Å²) in [5.41, 5.74) is -0.857. The Kier molecular flexibility index (Phi) is 8.36. The third kappa shape index (κ3) is 8.97. The van der Waals surface area contributed by atoms with Gasteiger partial charge in [0, 0.05) is 29.2 Å². The van der Waals surface area contributed by atoms with Crippen molar-refractivity contribution in [2.24, 2.45) is 9.03 Å². The smallest absolute Gasteiger partial charge is 0.252 e. The summed E-state index contributed by atoms with van der Waals surface area (Å²) in [6, 6.07) is 0. The number of nitrogens with one attached hydrogen (secondary N) is 4. The topological polar surface area (TPSA) is 76.1 Å². The Morgan fingerprint density at radius 2 is 1.03 bits per heavy atom. The van der Waals surface area contributed by atoms with E-state index in [0.29, 0.717) is 0 Å². The Bertz CT molecular complexity index is 670. The number of hydrogen-bond donors (Lipinski definition) is 4. The Morgan fingerprint density at radius 1 is 0.690 bits per heavy atom. The van der Waals surface area contributed by atoms with Crippen molar-refractivity contribution in [1.82, 2.24) is 24.8 Å². The molecule has 1 aliphatic heterocycles. The minimum atomic E-state index is -2.96. The van der Waals surface area contributed by atoms with Crippen molar-refractivity contribution in [2.45, 2.75) is 105 Å². The zero-order chi connectivity index (χ0) is 23.3. The largest absolute Gasteiger partial charge is 0.360 e. The second-order valence-electron chi connectivity index (χ2n) is 11.8. The van der Waals surface area contributed by atoms with Crippen molar-refractivity contribution in [1.29, 1.82) is 0 Å². The summed E-state index contributed by atoms with van der Waals surface area (Å²) in [6.07, 6.45) is 0. The van der Waals surface area contributed by atoms with Gasteiger partial charge >= 0.3 is 7.87 Å². The van der Waals surface area contributed by atoms with Gasteiger partial charge in [-0.25, -0.2) is 0 Å². The van der Waals surface area contributed by atoms with Crippen LogP contribution in [0.3, 0.4) is 0 Å². The molecular formula is C17H43Cl2N7P3+. The molecule has 1 aliphatic rings. The Labute approximate surface area is 189 Å². The van der Waals surface area contributed by atoms with Crippen molar-refractivity contribution < 1.29 is 0 Å². The molecular weight excluding hydrogens is 466 g/mol. The van der Waals surface area contributed by atoms with Crippen LogP contribution in [0.15, 0.2) is 9.03 Å². The predicted molar refractivity (Wildman–Crippen MR) is 137 cm³/mol. The van der Waals surface area contributed by atoms with Crippen molar-refractivity contribution in [3.05, 3.63) is 0 Å². The normalized spacial score (nSPS) is 22.7. The molecule has 12 heteroatoms. The molecule has 7 nitrogen and oxygen atoms in total. The van der Waals surface area contributed by atoms with Crippen molar-refractivity contribution in [3.8, 4) is 0 Å². The van der Waals surface area contributed by atoms with Crippen LogP contribution in [0.4, 0.5) is 0 Å². The highest BCUT2D eigenvalue weighted by Gasteiger charge is 2.61. The average Bonchev–Trinajstić information content (AvgIpc) is 2.25. The number of rotatable bonds is 4. The van der Waals surface area contributed by atoms with Crippen LogP contribution in [0.25, 0.3) is 0 Å². The first-order valence-corrected chi connectivity index (χ1v) is 16.8. The summed E-state index contributed by atoms with van der Waals surface area (Å²) in [5.74, 6) is -2.96. The van der Waals surface area contributed by atoms with E-state index < -0.39 is 21.3 Å². The van der Waals surface area contributed by atoms with Gasteiger partial charge in [-0.1, -0.05) is 4.44 Å². The molecule has 0 atom stereocenters. The van der Waals surface area contributed by atoms with Gasteiger partial charge in [0.15, 0.2) is 0 Å². The molecule has 174 valence electrons. The molecule has 4 N–H and O–H groups in total. The van der Waals surface area contributed by atoms with E-state index in [2.05, 4.69) is 115 Å². The molecule has 0 aromatic heterocycles. The Hall–Kier alpha value is 1.27. The van der Waals surface area contributed by atoms with Crippen LogP contribution in [-0.2, 0) is 0 Å². The summed E-state index contributed by atoms with van der Waals surface area (Å²) in [7, 11) is -3.06. The zero-order valence-electron chi connectivity index (χ0n) is 20.4. The van der Waals surface area contributed by atoms with Gasteiger partial charge in [-0.05, 0) is 110 Å². The summed E-state index contributed by atoms with van der Waals surface area (Å²) >= 11 is 13.7. The van der Waals surface area contributed by atoms with E-state index in [1.807, 2.05) is 0 Å². The summed E-state index contributed by atoms with van der Waals surface area (Å²) < 4.78 is 12.2.